The van der Waals surface area contributed by atoms with Gasteiger partial charge < -0.3 is 15.0 Å². The van der Waals surface area contributed by atoms with Gasteiger partial charge in [-0.3, -0.25) is 9.59 Å². The molecule has 2 aromatic carbocycles. The minimum absolute atomic E-state index is 0.0413. The normalized spacial score (nSPS) is 11.6. The first kappa shape index (κ1) is 22.8. The lowest BCUT2D eigenvalue weighted by molar-refractivity contribution is -0.139. The van der Waals surface area contributed by atoms with Crippen molar-refractivity contribution >= 4 is 23.6 Å². The van der Waals surface area contributed by atoms with E-state index in [1.165, 1.54) is 11.1 Å². The van der Waals surface area contributed by atoms with Crippen molar-refractivity contribution in [3.05, 3.63) is 65.2 Å². The fourth-order valence-corrected chi connectivity index (χ4v) is 3.95. The molecule has 0 radical (unpaired) electrons. The molecule has 5 nitrogen and oxygen atoms in total. The maximum atomic E-state index is 13.1. The molecule has 2 amide bonds. The van der Waals surface area contributed by atoms with E-state index in [0.29, 0.717) is 18.7 Å². The van der Waals surface area contributed by atoms with Crippen molar-refractivity contribution in [1.29, 1.82) is 0 Å². The molecular formula is C23H30N2O3S. The molecule has 0 heterocycles. The highest BCUT2D eigenvalue weighted by Crippen LogP contribution is 2.19. The third-order valence-corrected chi connectivity index (χ3v) is 5.72. The molecular weight excluding hydrogens is 384 g/mol. The Bertz CT molecular complexity index is 808. The summed E-state index contributed by atoms with van der Waals surface area (Å²) in [5.41, 5.74) is 3.34. The number of benzene rings is 2. The lowest BCUT2D eigenvalue weighted by Gasteiger charge is -2.30. The predicted molar refractivity (Wildman–Crippen MR) is 119 cm³/mol. The third-order valence-electron chi connectivity index (χ3n) is 4.73. The molecule has 29 heavy (non-hydrogen) atoms. The van der Waals surface area contributed by atoms with Crippen molar-refractivity contribution < 1.29 is 14.3 Å². The van der Waals surface area contributed by atoms with Crippen LogP contribution in [0.3, 0.4) is 0 Å². The topological polar surface area (TPSA) is 58.6 Å². The highest BCUT2D eigenvalue weighted by atomic mass is 32.2. The Labute approximate surface area is 177 Å². The molecule has 1 atom stereocenters. The standard InChI is InChI=1S/C23H30N2O3S/c1-5-21(23(27)24-3)25(14-19-7-6-8-20(13-19)28-4)22(26)16-29-15-18-11-9-17(2)10-12-18/h6-13,21H,5,14-16H2,1-4H3,(H,24,27). The number of hydrogen-bond acceptors (Lipinski definition) is 4. The van der Waals surface area contributed by atoms with Gasteiger partial charge in [-0.2, -0.15) is 0 Å². The Balaban J connectivity index is 2.10. The van der Waals surface area contributed by atoms with Crippen LogP contribution in [0.2, 0.25) is 0 Å². The fourth-order valence-electron chi connectivity index (χ4n) is 3.08. The van der Waals surface area contributed by atoms with Gasteiger partial charge in [-0.25, -0.2) is 0 Å². The molecule has 156 valence electrons. The third kappa shape index (κ3) is 6.82. The van der Waals surface area contributed by atoms with Crippen LogP contribution in [0.15, 0.2) is 48.5 Å². The summed E-state index contributed by atoms with van der Waals surface area (Å²) in [6.45, 7) is 4.35. The monoisotopic (exact) mass is 414 g/mol. The van der Waals surface area contributed by atoms with Crippen molar-refractivity contribution in [3.63, 3.8) is 0 Å². The molecule has 0 aromatic heterocycles. The smallest absolute Gasteiger partial charge is 0.242 e. The number of carbonyl (C=O) groups is 2. The summed E-state index contributed by atoms with van der Waals surface area (Å²) < 4.78 is 5.29. The minimum Gasteiger partial charge on any atom is -0.497 e. The van der Waals surface area contributed by atoms with Crippen LogP contribution in [-0.2, 0) is 21.9 Å². The number of rotatable bonds is 10. The van der Waals surface area contributed by atoms with E-state index >= 15 is 0 Å². The molecule has 2 aromatic rings. The zero-order valence-electron chi connectivity index (χ0n) is 17.6. The van der Waals surface area contributed by atoms with Crippen LogP contribution >= 0.6 is 11.8 Å². The van der Waals surface area contributed by atoms with Gasteiger partial charge in [-0.15, -0.1) is 11.8 Å². The lowest BCUT2D eigenvalue weighted by Crippen LogP contribution is -2.48. The van der Waals surface area contributed by atoms with Crippen LogP contribution in [0.4, 0.5) is 0 Å². The van der Waals surface area contributed by atoms with E-state index < -0.39 is 6.04 Å². The quantitative estimate of drug-likeness (QED) is 0.643. The molecule has 0 saturated heterocycles. The van der Waals surface area contributed by atoms with Crippen LogP contribution in [0, 0.1) is 6.92 Å². The largest absolute Gasteiger partial charge is 0.497 e. The van der Waals surface area contributed by atoms with Gasteiger partial charge in [0.05, 0.1) is 12.9 Å². The summed E-state index contributed by atoms with van der Waals surface area (Å²) in [6, 6.07) is 15.4. The van der Waals surface area contributed by atoms with Gasteiger partial charge in [0.25, 0.3) is 0 Å². The molecule has 0 aliphatic heterocycles. The van der Waals surface area contributed by atoms with Crippen LogP contribution in [0.25, 0.3) is 0 Å². The molecule has 0 aliphatic rings. The Hall–Kier alpha value is -2.47. The molecule has 6 heteroatoms. The summed E-state index contributed by atoms with van der Waals surface area (Å²) in [4.78, 5) is 27.1. The minimum atomic E-state index is -0.501. The molecule has 0 aliphatic carbocycles. The van der Waals surface area contributed by atoms with E-state index in [0.717, 1.165) is 17.1 Å². The fraction of sp³-hybridized carbons (Fsp3) is 0.391. The van der Waals surface area contributed by atoms with E-state index in [1.54, 1.807) is 30.8 Å². The van der Waals surface area contributed by atoms with Crippen LogP contribution in [-0.4, -0.2) is 42.7 Å². The number of amides is 2. The van der Waals surface area contributed by atoms with Crippen LogP contribution in [0.1, 0.15) is 30.0 Å². The van der Waals surface area contributed by atoms with Gasteiger partial charge >= 0.3 is 0 Å². The summed E-state index contributed by atoms with van der Waals surface area (Å²) in [7, 11) is 3.22. The maximum absolute atomic E-state index is 13.1. The second kappa shape index (κ2) is 11.5. The zero-order valence-corrected chi connectivity index (χ0v) is 18.4. The Morgan fingerprint density at radius 1 is 1.14 bits per heavy atom. The Morgan fingerprint density at radius 2 is 1.86 bits per heavy atom. The number of ether oxygens (including phenoxy) is 1. The van der Waals surface area contributed by atoms with Crippen molar-refractivity contribution in [2.24, 2.45) is 0 Å². The van der Waals surface area contributed by atoms with Gasteiger partial charge in [0.2, 0.25) is 11.8 Å². The summed E-state index contributed by atoms with van der Waals surface area (Å²) in [5.74, 6) is 1.63. The number of nitrogens with zero attached hydrogens (tertiary/aromatic N) is 1. The zero-order chi connectivity index (χ0) is 21.2. The highest BCUT2D eigenvalue weighted by molar-refractivity contribution is 7.99. The van der Waals surface area contributed by atoms with Crippen LogP contribution in [0.5, 0.6) is 5.75 Å². The van der Waals surface area contributed by atoms with Gasteiger partial charge in [-0.05, 0) is 36.6 Å². The molecule has 0 spiro atoms. The van der Waals surface area contributed by atoms with Crippen molar-refractivity contribution in [2.75, 3.05) is 19.9 Å². The van der Waals surface area contributed by atoms with Crippen molar-refractivity contribution in [2.45, 2.75) is 38.6 Å². The molecule has 0 fully saturated rings. The van der Waals surface area contributed by atoms with Crippen LogP contribution < -0.4 is 10.1 Å². The number of nitrogens with one attached hydrogen (secondary N) is 1. The van der Waals surface area contributed by atoms with Gasteiger partial charge in [0, 0.05) is 19.3 Å². The van der Waals surface area contributed by atoms with Gasteiger partial charge in [0.15, 0.2) is 0 Å². The van der Waals surface area contributed by atoms with E-state index in [-0.39, 0.29) is 11.8 Å². The van der Waals surface area contributed by atoms with Gasteiger partial charge in [-0.1, -0.05) is 48.9 Å². The number of aryl methyl sites for hydroxylation is 1. The van der Waals surface area contributed by atoms with E-state index in [2.05, 4.69) is 36.5 Å². The van der Waals surface area contributed by atoms with Gasteiger partial charge in [0.1, 0.15) is 11.8 Å². The summed E-state index contributed by atoms with van der Waals surface area (Å²) >= 11 is 1.57. The number of hydrogen-bond donors (Lipinski definition) is 1. The van der Waals surface area contributed by atoms with Crippen molar-refractivity contribution in [3.8, 4) is 5.75 Å². The highest BCUT2D eigenvalue weighted by Gasteiger charge is 2.27. The SMILES string of the molecule is CCC(C(=O)NC)N(Cc1cccc(OC)c1)C(=O)CSCc1ccc(C)cc1. The first-order valence-corrected chi connectivity index (χ1v) is 10.9. The molecule has 2 rings (SSSR count). The molecule has 0 saturated carbocycles. The Kier molecular flexibility index (Phi) is 9.06. The molecule has 1 N–H and O–H groups in total. The number of likely N-dealkylation sites (N-methyl/N-ethyl adjacent to an activating group) is 1. The summed E-state index contributed by atoms with van der Waals surface area (Å²) in [6.07, 6.45) is 0.554. The number of methoxy groups -OCH3 is 1. The second-order valence-corrected chi connectivity index (χ2v) is 7.88. The van der Waals surface area contributed by atoms with E-state index in [1.807, 2.05) is 31.2 Å². The van der Waals surface area contributed by atoms with E-state index in [4.69, 9.17) is 4.74 Å². The van der Waals surface area contributed by atoms with Crippen molar-refractivity contribution in [1.82, 2.24) is 10.2 Å². The number of thioether (sulfide) groups is 1. The average molecular weight is 415 g/mol. The lowest BCUT2D eigenvalue weighted by atomic mass is 10.1. The molecule has 1 unspecified atom stereocenters. The number of carbonyl (C=O) groups excluding carboxylic acids is 2. The summed E-state index contributed by atoms with van der Waals surface area (Å²) in [5, 5.41) is 2.68. The predicted octanol–water partition coefficient (Wildman–Crippen LogP) is 3.79. The average Bonchev–Trinajstić information content (AvgIpc) is 2.74. The Morgan fingerprint density at radius 3 is 2.48 bits per heavy atom. The second-order valence-electron chi connectivity index (χ2n) is 6.89. The van der Waals surface area contributed by atoms with E-state index in [9.17, 15) is 9.59 Å². The molecule has 0 bridgehead atoms. The first-order chi connectivity index (χ1) is 14.0. The maximum Gasteiger partial charge on any atom is 0.242 e. The first-order valence-electron chi connectivity index (χ1n) is 9.75.